The van der Waals surface area contributed by atoms with Crippen LogP contribution >= 0.6 is 11.6 Å². The summed E-state index contributed by atoms with van der Waals surface area (Å²) >= 11 is 5.31. The van der Waals surface area contributed by atoms with Gasteiger partial charge in [-0.3, -0.25) is 0 Å². The summed E-state index contributed by atoms with van der Waals surface area (Å²) in [6.07, 6.45) is 0.973. The second-order valence-corrected chi connectivity index (χ2v) is 4.19. The van der Waals surface area contributed by atoms with Crippen LogP contribution in [0.5, 0.6) is 0 Å². The summed E-state index contributed by atoms with van der Waals surface area (Å²) in [6, 6.07) is 6.45. The minimum absolute atomic E-state index is 0.233. The van der Waals surface area contributed by atoms with E-state index in [0.717, 1.165) is 6.20 Å². The summed E-state index contributed by atoms with van der Waals surface area (Å²) in [7, 11) is 1.30. The second-order valence-electron chi connectivity index (χ2n) is 3.80. The molecule has 0 radical (unpaired) electrons. The normalized spacial score (nSPS) is 14.1. The summed E-state index contributed by atoms with van der Waals surface area (Å²) in [5.74, 6) is -1.42. The number of methoxy groups -OCH3 is 1. The fourth-order valence-corrected chi connectivity index (χ4v) is 1.47. The molecule has 0 spiro atoms. The molecular formula is C13H14ClFN2O2. The Bertz CT molecular complexity index is 508. The predicted molar refractivity (Wildman–Crippen MR) is 72.9 cm³/mol. The molecule has 0 aliphatic carbocycles. The Kier molecular flexibility index (Phi) is 5.51. The number of benzene rings is 1. The van der Waals surface area contributed by atoms with Gasteiger partial charge in [-0.15, -0.1) is 0 Å². The van der Waals surface area contributed by atoms with E-state index >= 15 is 0 Å². The molecule has 0 amide bonds. The van der Waals surface area contributed by atoms with Crippen LogP contribution in [0.2, 0.25) is 0 Å². The van der Waals surface area contributed by atoms with E-state index in [1.165, 1.54) is 7.11 Å². The highest BCUT2D eigenvalue weighted by atomic mass is 35.5. The van der Waals surface area contributed by atoms with Crippen LogP contribution in [0, 0.1) is 0 Å². The van der Waals surface area contributed by atoms with E-state index in [0.29, 0.717) is 11.1 Å². The van der Waals surface area contributed by atoms with Crippen LogP contribution < -0.4 is 5.73 Å². The van der Waals surface area contributed by atoms with Gasteiger partial charge in [0, 0.05) is 5.92 Å². The Hall–Kier alpha value is -1.88. The van der Waals surface area contributed by atoms with Crippen LogP contribution in [0.25, 0.3) is 0 Å². The number of carbonyl (C=O) groups is 1. The molecule has 1 rings (SSSR count). The maximum Gasteiger partial charge on any atom is 0.337 e. The van der Waals surface area contributed by atoms with Crippen molar-refractivity contribution >= 4 is 22.9 Å². The molecule has 0 aliphatic heterocycles. The van der Waals surface area contributed by atoms with Crippen molar-refractivity contribution in [2.24, 2.45) is 10.7 Å². The van der Waals surface area contributed by atoms with E-state index in [1.807, 2.05) is 0 Å². The van der Waals surface area contributed by atoms with E-state index in [2.05, 4.69) is 9.73 Å². The van der Waals surface area contributed by atoms with E-state index in [1.54, 1.807) is 31.2 Å². The first-order valence-corrected chi connectivity index (χ1v) is 5.86. The molecule has 1 unspecified atom stereocenters. The number of nitrogens with two attached hydrogens (primary N) is 1. The average Bonchev–Trinajstić information content (AvgIpc) is 2.43. The highest BCUT2D eigenvalue weighted by Gasteiger charge is 2.12. The van der Waals surface area contributed by atoms with Crippen molar-refractivity contribution in [2.45, 2.75) is 12.8 Å². The number of esters is 1. The number of hydrogen-bond donors (Lipinski definition) is 1. The number of amidine groups is 1. The Balaban J connectivity index is 2.89. The molecule has 19 heavy (non-hydrogen) atoms. The molecule has 0 aromatic heterocycles. The molecule has 6 heteroatoms. The van der Waals surface area contributed by atoms with E-state index in [4.69, 9.17) is 17.3 Å². The first kappa shape index (κ1) is 15.2. The number of nitrogens with zero attached hydrogens (tertiary/aromatic N) is 1. The SMILES string of the molecule is COC(=O)c1ccc(C(C)/C(F)=C\N=C(N)Cl)cc1. The topological polar surface area (TPSA) is 64.7 Å². The Morgan fingerprint density at radius 1 is 1.47 bits per heavy atom. The number of halogens is 2. The van der Waals surface area contributed by atoms with Gasteiger partial charge < -0.3 is 10.5 Å². The largest absolute Gasteiger partial charge is 0.465 e. The van der Waals surface area contributed by atoms with Crippen LogP contribution in [-0.2, 0) is 4.74 Å². The van der Waals surface area contributed by atoms with Gasteiger partial charge in [-0.05, 0) is 29.3 Å². The summed E-state index contributed by atoms with van der Waals surface area (Å²) in [5.41, 5.74) is 6.21. The standard InChI is InChI=1S/C13H14ClFN2O2/c1-8(11(15)7-17-13(14)16)9-3-5-10(6-4-9)12(18)19-2/h3-8H,1-2H3,(H2,16,17)/b11-7+. The van der Waals surface area contributed by atoms with Gasteiger partial charge in [-0.2, -0.15) is 0 Å². The maximum atomic E-state index is 13.7. The molecule has 0 saturated heterocycles. The molecule has 0 fully saturated rings. The average molecular weight is 285 g/mol. The molecular weight excluding hydrogens is 271 g/mol. The fraction of sp³-hybridized carbons (Fsp3) is 0.231. The minimum Gasteiger partial charge on any atom is -0.465 e. The lowest BCUT2D eigenvalue weighted by Gasteiger charge is -2.09. The minimum atomic E-state index is -0.508. The second kappa shape index (κ2) is 6.89. The third-order valence-electron chi connectivity index (χ3n) is 2.56. The van der Waals surface area contributed by atoms with Gasteiger partial charge in [-0.25, -0.2) is 14.2 Å². The number of carbonyl (C=O) groups excluding carboxylic acids is 1. The van der Waals surface area contributed by atoms with E-state index in [-0.39, 0.29) is 5.29 Å². The van der Waals surface area contributed by atoms with Crippen molar-refractivity contribution in [3.05, 3.63) is 47.4 Å². The Labute approximate surface area is 115 Å². The van der Waals surface area contributed by atoms with Crippen molar-refractivity contribution in [2.75, 3.05) is 7.11 Å². The maximum absolute atomic E-state index is 13.7. The summed E-state index contributed by atoms with van der Waals surface area (Å²) in [6.45, 7) is 1.67. The van der Waals surface area contributed by atoms with Gasteiger partial charge in [-0.1, -0.05) is 19.1 Å². The molecule has 1 aromatic carbocycles. The van der Waals surface area contributed by atoms with Crippen molar-refractivity contribution in [3.63, 3.8) is 0 Å². The zero-order valence-corrected chi connectivity index (χ0v) is 11.3. The van der Waals surface area contributed by atoms with Gasteiger partial charge in [0.25, 0.3) is 0 Å². The molecule has 0 heterocycles. The van der Waals surface area contributed by atoms with Crippen LogP contribution in [0.15, 0.2) is 41.3 Å². The molecule has 0 saturated carbocycles. The lowest BCUT2D eigenvalue weighted by molar-refractivity contribution is 0.0600. The van der Waals surface area contributed by atoms with E-state index in [9.17, 15) is 9.18 Å². The molecule has 4 nitrogen and oxygen atoms in total. The number of aliphatic imine (C=N–C) groups is 1. The Morgan fingerprint density at radius 2 is 2.05 bits per heavy atom. The lowest BCUT2D eigenvalue weighted by Crippen LogP contribution is -2.02. The highest BCUT2D eigenvalue weighted by Crippen LogP contribution is 2.25. The summed E-state index contributed by atoms with van der Waals surface area (Å²) < 4.78 is 18.3. The molecule has 0 bridgehead atoms. The predicted octanol–water partition coefficient (Wildman–Crippen LogP) is 2.94. The first-order chi connectivity index (χ1) is 8.95. The molecule has 0 aliphatic rings. The smallest absolute Gasteiger partial charge is 0.337 e. The van der Waals surface area contributed by atoms with E-state index < -0.39 is 17.7 Å². The van der Waals surface area contributed by atoms with Gasteiger partial charge in [0.1, 0.15) is 5.83 Å². The van der Waals surface area contributed by atoms with Crippen molar-refractivity contribution in [1.82, 2.24) is 0 Å². The highest BCUT2D eigenvalue weighted by molar-refractivity contribution is 6.64. The quantitative estimate of drug-likeness (QED) is 0.400. The van der Waals surface area contributed by atoms with Crippen molar-refractivity contribution < 1.29 is 13.9 Å². The van der Waals surface area contributed by atoms with Crippen LogP contribution in [-0.4, -0.2) is 18.4 Å². The van der Waals surface area contributed by atoms with Crippen molar-refractivity contribution in [1.29, 1.82) is 0 Å². The lowest BCUT2D eigenvalue weighted by atomic mass is 9.99. The van der Waals surface area contributed by atoms with Gasteiger partial charge in [0.2, 0.25) is 0 Å². The van der Waals surface area contributed by atoms with Gasteiger partial charge in [0.05, 0.1) is 18.9 Å². The number of allylic oxidation sites excluding steroid dienone is 1. The Morgan fingerprint density at radius 3 is 2.53 bits per heavy atom. The molecule has 102 valence electrons. The third kappa shape index (κ3) is 4.37. The number of rotatable bonds is 4. The van der Waals surface area contributed by atoms with Gasteiger partial charge in [0.15, 0.2) is 5.29 Å². The van der Waals surface area contributed by atoms with Crippen LogP contribution in [0.4, 0.5) is 4.39 Å². The zero-order valence-electron chi connectivity index (χ0n) is 10.6. The first-order valence-electron chi connectivity index (χ1n) is 5.48. The van der Waals surface area contributed by atoms with Crippen LogP contribution in [0.3, 0.4) is 0 Å². The fourth-order valence-electron chi connectivity index (χ4n) is 1.42. The zero-order chi connectivity index (χ0) is 14.4. The number of hydrogen-bond acceptors (Lipinski definition) is 3. The molecule has 1 aromatic rings. The monoisotopic (exact) mass is 284 g/mol. The third-order valence-corrected chi connectivity index (χ3v) is 2.65. The summed E-state index contributed by atoms with van der Waals surface area (Å²) in [4.78, 5) is 14.7. The van der Waals surface area contributed by atoms with Gasteiger partial charge >= 0.3 is 5.97 Å². The summed E-state index contributed by atoms with van der Waals surface area (Å²) in [5, 5.41) is -0.233. The number of ether oxygens (including phenoxy) is 1. The molecule has 1 atom stereocenters. The van der Waals surface area contributed by atoms with Crippen LogP contribution in [0.1, 0.15) is 28.8 Å². The van der Waals surface area contributed by atoms with Crippen molar-refractivity contribution in [3.8, 4) is 0 Å². The molecule has 2 N–H and O–H groups in total.